The molecule has 0 radical (unpaired) electrons. The van der Waals surface area contributed by atoms with Crippen LogP contribution in [-0.4, -0.2) is 36.1 Å². The largest absolute Gasteiger partial charge is 0.474 e. The Labute approximate surface area is 101 Å². The Kier molecular flexibility index (Phi) is 3.20. The molecule has 3 rings (SSSR count). The van der Waals surface area contributed by atoms with Gasteiger partial charge in [-0.05, 0) is 18.4 Å². The third-order valence-electron chi connectivity index (χ3n) is 3.23. The first-order chi connectivity index (χ1) is 8.42. The molecule has 1 saturated heterocycles. The first-order valence-electron chi connectivity index (χ1n) is 6.22. The van der Waals surface area contributed by atoms with Gasteiger partial charge in [0.2, 0.25) is 5.88 Å². The molecule has 0 unspecified atom stereocenters. The summed E-state index contributed by atoms with van der Waals surface area (Å²) in [4.78, 5) is 0. The van der Waals surface area contributed by atoms with Gasteiger partial charge in [-0.15, -0.1) is 5.10 Å². The third kappa shape index (κ3) is 2.56. The predicted octanol–water partition coefficient (Wildman–Crippen LogP) is 0.680. The lowest BCUT2D eigenvalue weighted by Gasteiger charge is -2.16. The van der Waals surface area contributed by atoms with E-state index in [1.54, 1.807) is 0 Å². The second kappa shape index (κ2) is 4.98. The number of aromatic nitrogens is 2. The van der Waals surface area contributed by atoms with E-state index < -0.39 is 0 Å². The molecule has 3 heterocycles. The van der Waals surface area contributed by atoms with E-state index in [4.69, 9.17) is 9.47 Å². The number of nitrogens with zero attached hydrogens (tertiary/aromatic N) is 2. The molecule has 5 heteroatoms. The van der Waals surface area contributed by atoms with E-state index in [-0.39, 0.29) is 6.10 Å². The van der Waals surface area contributed by atoms with E-state index in [9.17, 15) is 0 Å². The van der Waals surface area contributed by atoms with Crippen LogP contribution in [0.1, 0.15) is 24.1 Å². The Morgan fingerprint density at radius 3 is 3.35 bits per heavy atom. The smallest absolute Gasteiger partial charge is 0.233 e. The fourth-order valence-electron chi connectivity index (χ4n) is 2.25. The van der Waals surface area contributed by atoms with Gasteiger partial charge in [0.25, 0.3) is 0 Å². The average Bonchev–Trinajstić information content (AvgIpc) is 2.89. The average molecular weight is 235 g/mol. The predicted molar refractivity (Wildman–Crippen MR) is 61.9 cm³/mol. The number of hydrogen-bond acceptors (Lipinski definition) is 5. The van der Waals surface area contributed by atoms with E-state index in [2.05, 4.69) is 15.5 Å². The molecule has 1 N–H and O–H groups in total. The second-order valence-corrected chi connectivity index (χ2v) is 4.53. The van der Waals surface area contributed by atoms with Gasteiger partial charge in [0.1, 0.15) is 6.61 Å². The van der Waals surface area contributed by atoms with Gasteiger partial charge in [-0.25, -0.2) is 0 Å². The normalized spacial score (nSPS) is 23.4. The zero-order valence-electron chi connectivity index (χ0n) is 9.82. The van der Waals surface area contributed by atoms with Crippen molar-refractivity contribution in [3.05, 3.63) is 17.3 Å². The van der Waals surface area contributed by atoms with Crippen LogP contribution in [0.25, 0.3) is 0 Å². The lowest BCUT2D eigenvalue weighted by molar-refractivity contribution is 0.0659. The van der Waals surface area contributed by atoms with Crippen molar-refractivity contribution in [2.45, 2.75) is 31.9 Å². The van der Waals surface area contributed by atoms with Crippen molar-refractivity contribution < 1.29 is 9.47 Å². The van der Waals surface area contributed by atoms with Gasteiger partial charge in [0.05, 0.1) is 11.8 Å². The molecule has 17 heavy (non-hydrogen) atoms. The van der Waals surface area contributed by atoms with Gasteiger partial charge in [-0.2, -0.15) is 5.10 Å². The highest BCUT2D eigenvalue weighted by Crippen LogP contribution is 2.17. The van der Waals surface area contributed by atoms with Gasteiger partial charge in [0, 0.05) is 32.2 Å². The maximum atomic E-state index is 5.63. The van der Waals surface area contributed by atoms with E-state index in [1.165, 1.54) is 5.56 Å². The molecule has 2 aliphatic rings. The van der Waals surface area contributed by atoms with Crippen LogP contribution in [0.3, 0.4) is 0 Å². The van der Waals surface area contributed by atoms with Crippen molar-refractivity contribution in [3.8, 4) is 5.88 Å². The highest BCUT2D eigenvalue weighted by atomic mass is 16.5. The Bertz CT molecular complexity index is 391. The van der Waals surface area contributed by atoms with E-state index in [0.29, 0.717) is 12.5 Å². The van der Waals surface area contributed by atoms with E-state index in [0.717, 1.165) is 44.7 Å². The molecule has 1 fully saturated rings. The summed E-state index contributed by atoms with van der Waals surface area (Å²) in [6.45, 7) is 3.29. The van der Waals surface area contributed by atoms with Gasteiger partial charge in [0.15, 0.2) is 0 Å². The van der Waals surface area contributed by atoms with Crippen LogP contribution in [0.15, 0.2) is 6.07 Å². The van der Waals surface area contributed by atoms with Crippen LogP contribution < -0.4 is 10.1 Å². The number of hydrogen-bond donors (Lipinski definition) is 1. The molecule has 5 nitrogen and oxygen atoms in total. The maximum absolute atomic E-state index is 5.63. The fraction of sp³-hybridized carbons (Fsp3) is 0.667. The van der Waals surface area contributed by atoms with Crippen molar-refractivity contribution in [3.63, 3.8) is 0 Å². The number of fused-ring (bicyclic) bond motifs is 1. The van der Waals surface area contributed by atoms with Crippen molar-refractivity contribution in [2.24, 2.45) is 0 Å². The quantitative estimate of drug-likeness (QED) is 0.835. The topological polar surface area (TPSA) is 56.3 Å². The Hall–Kier alpha value is -1.20. The summed E-state index contributed by atoms with van der Waals surface area (Å²) in [5.41, 5.74) is 2.29. The molecule has 0 amide bonds. The van der Waals surface area contributed by atoms with Crippen molar-refractivity contribution >= 4 is 0 Å². The van der Waals surface area contributed by atoms with Crippen molar-refractivity contribution in [1.29, 1.82) is 0 Å². The van der Waals surface area contributed by atoms with Crippen molar-refractivity contribution in [2.75, 3.05) is 19.8 Å². The number of nitrogens with one attached hydrogen (secondary N) is 1. The maximum Gasteiger partial charge on any atom is 0.233 e. The molecule has 2 aliphatic heterocycles. The molecular weight excluding hydrogens is 218 g/mol. The molecule has 0 bridgehead atoms. The van der Waals surface area contributed by atoms with Crippen LogP contribution >= 0.6 is 0 Å². The summed E-state index contributed by atoms with van der Waals surface area (Å²) < 4.78 is 11.1. The molecule has 1 atom stereocenters. The third-order valence-corrected chi connectivity index (χ3v) is 3.23. The van der Waals surface area contributed by atoms with E-state index >= 15 is 0 Å². The molecule has 0 spiro atoms. The fourth-order valence-corrected chi connectivity index (χ4v) is 2.25. The molecule has 0 aliphatic carbocycles. The van der Waals surface area contributed by atoms with Crippen LogP contribution in [0.2, 0.25) is 0 Å². The molecule has 0 aromatic carbocycles. The lowest BCUT2D eigenvalue weighted by atomic mass is 10.1. The first-order valence-corrected chi connectivity index (χ1v) is 6.22. The highest BCUT2D eigenvalue weighted by molar-refractivity contribution is 5.26. The van der Waals surface area contributed by atoms with Crippen LogP contribution in [0.5, 0.6) is 5.88 Å². The summed E-state index contributed by atoms with van der Waals surface area (Å²) in [5.74, 6) is 0.614. The van der Waals surface area contributed by atoms with Crippen LogP contribution in [0, 0.1) is 0 Å². The number of rotatable bonds is 3. The monoisotopic (exact) mass is 235 g/mol. The number of ether oxygens (including phenoxy) is 2. The Morgan fingerprint density at radius 1 is 1.47 bits per heavy atom. The van der Waals surface area contributed by atoms with Gasteiger partial charge >= 0.3 is 0 Å². The summed E-state index contributed by atoms with van der Waals surface area (Å²) in [7, 11) is 0. The zero-order valence-corrected chi connectivity index (χ0v) is 9.82. The van der Waals surface area contributed by atoms with Gasteiger partial charge in [-0.3, -0.25) is 0 Å². The Morgan fingerprint density at radius 2 is 2.47 bits per heavy atom. The molecule has 0 saturated carbocycles. The van der Waals surface area contributed by atoms with Crippen LogP contribution in [-0.2, 0) is 17.7 Å². The summed E-state index contributed by atoms with van der Waals surface area (Å²) in [5, 5.41) is 11.6. The zero-order chi connectivity index (χ0) is 11.5. The molecule has 1 aromatic rings. The minimum absolute atomic E-state index is 0.228. The minimum atomic E-state index is 0.228. The molecular formula is C12H17N3O2. The summed E-state index contributed by atoms with van der Waals surface area (Å²) in [6, 6.07) is 1.99. The first kappa shape index (κ1) is 10.9. The summed E-state index contributed by atoms with van der Waals surface area (Å²) >= 11 is 0. The standard InChI is InChI=1S/C12H17N3O2/c1-2-10(16-5-1)8-17-12-6-9-7-13-4-3-11(9)14-15-12/h6,10,13H,1-5,7-8H2/t10-/m1/s1. The highest BCUT2D eigenvalue weighted by Gasteiger charge is 2.17. The lowest BCUT2D eigenvalue weighted by Crippen LogP contribution is -2.25. The van der Waals surface area contributed by atoms with Crippen LogP contribution in [0.4, 0.5) is 0 Å². The minimum Gasteiger partial charge on any atom is -0.474 e. The Balaban J connectivity index is 1.62. The molecule has 92 valence electrons. The van der Waals surface area contributed by atoms with Crippen molar-refractivity contribution in [1.82, 2.24) is 15.5 Å². The van der Waals surface area contributed by atoms with E-state index in [1.807, 2.05) is 6.07 Å². The second-order valence-electron chi connectivity index (χ2n) is 4.53. The molecule has 1 aromatic heterocycles. The SMILES string of the molecule is c1c(OC[C@H]2CCCO2)nnc2c1CNCC2. The van der Waals surface area contributed by atoms with Gasteiger partial charge in [-0.1, -0.05) is 0 Å². The summed E-state index contributed by atoms with van der Waals surface area (Å²) in [6.07, 6.45) is 3.40. The van der Waals surface area contributed by atoms with Gasteiger partial charge < -0.3 is 14.8 Å².